The maximum Gasteiger partial charge on any atom is 0.135 e. The predicted octanol–water partition coefficient (Wildman–Crippen LogP) is 4.65. The molecule has 3 aromatic rings. The van der Waals surface area contributed by atoms with Gasteiger partial charge in [0.25, 0.3) is 0 Å². The molecule has 0 N–H and O–H groups in total. The molecule has 0 saturated carbocycles. The first-order chi connectivity index (χ1) is 13.1. The zero-order valence-corrected chi connectivity index (χ0v) is 14.8. The number of fused-ring (bicyclic) bond motifs is 1. The lowest BCUT2D eigenvalue weighted by molar-refractivity contribution is 0.0837. The van der Waals surface area contributed by atoms with Crippen molar-refractivity contribution in [1.29, 1.82) is 5.26 Å². The van der Waals surface area contributed by atoms with Crippen LogP contribution in [0.4, 0.5) is 8.78 Å². The van der Waals surface area contributed by atoms with Gasteiger partial charge in [-0.3, -0.25) is 0 Å². The van der Waals surface area contributed by atoms with Crippen molar-refractivity contribution in [2.45, 2.75) is 25.7 Å². The van der Waals surface area contributed by atoms with E-state index in [2.05, 4.69) is 16.0 Å². The minimum Gasteiger partial charge on any atom is -0.381 e. The molecule has 0 unspecified atom stereocenters. The predicted molar refractivity (Wildman–Crippen MR) is 97.1 cm³/mol. The number of halogens is 2. The van der Waals surface area contributed by atoms with Crippen molar-refractivity contribution in [3.8, 4) is 17.3 Å². The Balaban J connectivity index is 2.02. The molecule has 1 aromatic heterocycles. The van der Waals surface area contributed by atoms with Gasteiger partial charge in [-0.2, -0.15) is 5.26 Å². The first-order valence-electron chi connectivity index (χ1n) is 8.83. The second kappa shape index (κ2) is 7.01. The smallest absolute Gasteiger partial charge is 0.135 e. The Bertz CT molecular complexity index is 1070. The molecule has 6 heteroatoms. The van der Waals surface area contributed by atoms with E-state index in [0.717, 1.165) is 24.5 Å². The van der Waals surface area contributed by atoms with Crippen LogP contribution < -0.4 is 0 Å². The van der Waals surface area contributed by atoms with Crippen LogP contribution in [0.25, 0.3) is 22.2 Å². The minimum absolute atomic E-state index is 0.0810. The number of hydrogen-bond donors (Lipinski definition) is 0. The quantitative estimate of drug-likeness (QED) is 0.663. The van der Waals surface area contributed by atoms with Crippen molar-refractivity contribution in [3.63, 3.8) is 0 Å². The highest BCUT2D eigenvalue weighted by Gasteiger charge is 2.23. The van der Waals surface area contributed by atoms with Gasteiger partial charge in [0.05, 0.1) is 16.8 Å². The SMILES string of the molecule is Cc1ccc2c(-c3ccc(F)cc3F)nc(C3CCOCC3)nc2c1C#N. The maximum absolute atomic E-state index is 14.5. The maximum atomic E-state index is 14.5. The summed E-state index contributed by atoms with van der Waals surface area (Å²) in [5, 5.41) is 10.2. The van der Waals surface area contributed by atoms with Gasteiger partial charge in [0.15, 0.2) is 0 Å². The van der Waals surface area contributed by atoms with E-state index in [4.69, 9.17) is 4.74 Å². The topological polar surface area (TPSA) is 58.8 Å². The van der Waals surface area contributed by atoms with Crippen LogP contribution in [0.5, 0.6) is 0 Å². The van der Waals surface area contributed by atoms with Crippen LogP contribution in [0.15, 0.2) is 30.3 Å². The van der Waals surface area contributed by atoms with E-state index < -0.39 is 11.6 Å². The molecule has 27 heavy (non-hydrogen) atoms. The van der Waals surface area contributed by atoms with Gasteiger partial charge < -0.3 is 4.74 Å². The Hall–Kier alpha value is -2.91. The van der Waals surface area contributed by atoms with Crippen LogP contribution in [-0.4, -0.2) is 23.2 Å². The Morgan fingerprint density at radius 1 is 1.11 bits per heavy atom. The van der Waals surface area contributed by atoms with E-state index in [1.54, 1.807) is 12.1 Å². The van der Waals surface area contributed by atoms with Gasteiger partial charge in [-0.1, -0.05) is 12.1 Å². The van der Waals surface area contributed by atoms with Crippen LogP contribution in [0.1, 0.15) is 35.7 Å². The molecule has 1 aliphatic rings. The summed E-state index contributed by atoms with van der Waals surface area (Å²) in [5.74, 6) is -0.677. The first-order valence-corrected chi connectivity index (χ1v) is 8.83. The standard InChI is InChI=1S/C21H17F2N3O/c1-12-2-4-16-19(15-5-3-14(22)10-18(15)23)25-21(13-6-8-27-9-7-13)26-20(16)17(12)11-24/h2-5,10,13H,6-9H2,1H3. The summed E-state index contributed by atoms with van der Waals surface area (Å²) in [4.78, 5) is 9.33. The molecule has 136 valence electrons. The van der Waals surface area contributed by atoms with Crippen LogP contribution in [0.2, 0.25) is 0 Å². The third kappa shape index (κ3) is 3.15. The van der Waals surface area contributed by atoms with Gasteiger partial charge >= 0.3 is 0 Å². The molecule has 4 nitrogen and oxygen atoms in total. The molecular weight excluding hydrogens is 348 g/mol. The lowest BCUT2D eigenvalue weighted by atomic mass is 9.96. The molecule has 0 atom stereocenters. The van der Waals surface area contributed by atoms with Crippen molar-refractivity contribution >= 4 is 10.9 Å². The molecule has 0 spiro atoms. The number of nitrogens with zero attached hydrogens (tertiary/aromatic N) is 3. The summed E-state index contributed by atoms with van der Waals surface area (Å²) < 4.78 is 33.3. The van der Waals surface area contributed by atoms with E-state index in [-0.39, 0.29) is 11.5 Å². The normalized spacial score (nSPS) is 15.0. The van der Waals surface area contributed by atoms with Crippen molar-refractivity contribution in [1.82, 2.24) is 9.97 Å². The van der Waals surface area contributed by atoms with Crippen molar-refractivity contribution in [3.05, 3.63) is 58.9 Å². The second-order valence-electron chi connectivity index (χ2n) is 6.71. The number of aryl methyl sites for hydroxylation is 1. The largest absolute Gasteiger partial charge is 0.381 e. The van der Waals surface area contributed by atoms with Crippen LogP contribution in [0, 0.1) is 29.9 Å². The van der Waals surface area contributed by atoms with Gasteiger partial charge in [-0.15, -0.1) is 0 Å². The van der Waals surface area contributed by atoms with Gasteiger partial charge in [0.1, 0.15) is 23.5 Å². The number of aromatic nitrogens is 2. The lowest BCUT2D eigenvalue weighted by Crippen LogP contribution is -2.17. The van der Waals surface area contributed by atoms with Crippen molar-refractivity contribution in [2.24, 2.45) is 0 Å². The highest BCUT2D eigenvalue weighted by molar-refractivity contribution is 5.96. The third-order valence-electron chi connectivity index (χ3n) is 4.98. The number of hydrogen-bond acceptors (Lipinski definition) is 4. The molecule has 2 heterocycles. The number of benzene rings is 2. The molecule has 0 radical (unpaired) electrons. The molecule has 1 saturated heterocycles. The van der Waals surface area contributed by atoms with Crippen LogP contribution in [0.3, 0.4) is 0 Å². The Kier molecular flexibility index (Phi) is 4.54. The fourth-order valence-corrected chi connectivity index (χ4v) is 3.48. The highest BCUT2D eigenvalue weighted by atomic mass is 19.1. The number of nitriles is 1. The summed E-state index contributed by atoms with van der Waals surface area (Å²) in [6.07, 6.45) is 1.54. The Morgan fingerprint density at radius 3 is 2.59 bits per heavy atom. The van der Waals surface area contributed by atoms with Crippen molar-refractivity contribution in [2.75, 3.05) is 13.2 Å². The monoisotopic (exact) mass is 365 g/mol. The molecule has 2 aromatic carbocycles. The van der Waals surface area contributed by atoms with Gasteiger partial charge in [0.2, 0.25) is 0 Å². The summed E-state index contributed by atoms with van der Waals surface area (Å²) in [5.41, 5.74) is 2.34. The van der Waals surface area contributed by atoms with E-state index in [1.165, 1.54) is 12.1 Å². The molecule has 1 aliphatic heterocycles. The van der Waals surface area contributed by atoms with Gasteiger partial charge in [0, 0.05) is 36.1 Å². The molecular formula is C21H17F2N3O. The zero-order chi connectivity index (χ0) is 19.0. The fraction of sp³-hybridized carbons (Fsp3) is 0.286. The number of rotatable bonds is 2. The minimum atomic E-state index is -0.688. The summed E-state index contributed by atoms with van der Waals surface area (Å²) in [6, 6.07) is 9.22. The van der Waals surface area contributed by atoms with Gasteiger partial charge in [-0.05, 0) is 37.5 Å². The summed E-state index contributed by atoms with van der Waals surface area (Å²) >= 11 is 0. The van der Waals surface area contributed by atoms with Crippen LogP contribution >= 0.6 is 0 Å². The average Bonchev–Trinajstić information content (AvgIpc) is 2.68. The number of ether oxygens (including phenoxy) is 1. The second-order valence-corrected chi connectivity index (χ2v) is 6.71. The Morgan fingerprint density at radius 2 is 1.89 bits per heavy atom. The lowest BCUT2D eigenvalue weighted by Gasteiger charge is -2.22. The third-order valence-corrected chi connectivity index (χ3v) is 4.98. The van der Waals surface area contributed by atoms with E-state index in [9.17, 15) is 14.0 Å². The molecule has 4 rings (SSSR count). The Labute approximate surface area is 155 Å². The molecule has 0 bridgehead atoms. The molecule has 0 amide bonds. The van der Waals surface area contributed by atoms with E-state index in [1.807, 2.05) is 6.92 Å². The fourth-order valence-electron chi connectivity index (χ4n) is 3.48. The first kappa shape index (κ1) is 17.5. The molecule has 1 fully saturated rings. The average molecular weight is 365 g/mol. The van der Waals surface area contributed by atoms with Crippen molar-refractivity contribution < 1.29 is 13.5 Å². The van der Waals surface area contributed by atoms with E-state index >= 15 is 0 Å². The van der Waals surface area contributed by atoms with Crippen LogP contribution in [-0.2, 0) is 4.74 Å². The summed E-state index contributed by atoms with van der Waals surface area (Å²) in [6.45, 7) is 3.07. The summed E-state index contributed by atoms with van der Waals surface area (Å²) in [7, 11) is 0. The zero-order valence-electron chi connectivity index (χ0n) is 14.8. The highest BCUT2D eigenvalue weighted by Crippen LogP contribution is 2.34. The molecule has 0 aliphatic carbocycles. The van der Waals surface area contributed by atoms with E-state index in [0.29, 0.717) is 41.2 Å². The van der Waals surface area contributed by atoms with Gasteiger partial charge in [-0.25, -0.2) is 18.7 Å².